The van der Waals surface area contributed by atoms with Crippen molar-refractivity contribution in [3.63, 3.8) is 0 Å². The first-order chi connectivity index (χ1) is 7.77. The van der Waals surface area contributed by atoms with Crippen LogP contribution in [0.1, 0.15) is 5.56 Å². The molecule has 0 spiro atoms. The van der Waals surface area contributed by atoms with Gasteiger partial charge in [0, 0.05) is 6.16 Å². The highest BCUT2D eigenvalue weighted by atomic mass is 31.1. The van der Waals surface area contributed by atoms with E-state index in [1.54, 1.807) is 0 Å². The zero-order chi connectivity index (χ0) is 11.4. The first-order valence-corrected chi connectivity index (χ1v) is 6.69. The lowest BCUT2D eigenvalue weighted by atomic mass is 10.0. The number of rotatable bonds is 3. The third-order valence-electron chi connectivity index (χ3n) is 2.44. The van der Waals surface area contributed by atoms with Crippen molar-refractivity contribution in [1.82, 2.24) is 0 Å². The summed E-state index contributed by atoms with van der Waals surface area (Å²) >= 11 is 0. The Balaban J connectivity index is 2.44. The van der Waals surface area contributed by atoms with Gasteiger partial charge in [0.15, 0.2) is 8.03 Å². The van der Waals surface area contributed by atoms with E-state index in [-0.39, 0.29) is 6.16 Å². The van der Waals surface area contributed by atoms with Crippen molar-refractivity contribution in [2.24, 2.45) is 0 Å². The second-order valence-corrected chi connectivity index (χ2v) is 4.73. The average Bonchev–Trinajstić information content (AvgIpc) is 2.30. The summed E-state index contributed by atoms with van der Waals surface area (Å²) in [4.78, 5) is 9.02. The highest BCUT2D eigenvalue weighted by Gasteiger charge is 2.05. The molecule has 2 nitrogen and oxygen atoms in total. The zero-order valence-corrected chi connectivity index (χ0v) is 9.76. The highest BCUT2D eigenvalue weighted by Crippen LogP contribution is 2.29. The fourth-order valence-electron chi connectivity index (χ4n) is 1.74. The standard InChI is InChI=1S/C13H13O2P/c14-16(15)10-12-8-4-5-9-13(12)11-6-2-1-3-7-11/h1-9,16H,10H2,(H,14,15). The molecule has 2 aromatic rings. The predicted octanol–water partition coefficient (Wildman–Crippen LogP) is 3.32. The van der Waals surface area contributed by atoms with Gasteiger partial charge in [-0.05, 0) is 16.7 Å². The normalized spacial score (nSPS) is 12.3. The van der Waals surface area contributed by atoms with Crippen LogP contribution in [0.2, 0.25) is 0 Å². The molecule has 0 aliphatic carbocycles. The smallest absolute Gasteiger partial charge is 0.193 e. The van der Waals surface area contributed by atoms with Crippen LogP contribution in [0.4, 0.5) is 0 Å². The van der Waals surface area contributed by atoms with Crippen molar-refractivity contribution in [2.45, 2.75) is 6.16 Å². The molecule has 16 heavy (non-hydrogen) atoms. The van der Waals surface area contributed by atoms with Gasteiger partial charge in [-0.25, -0.2) is 0 Å². The summed E-state index contributed by atoms with van der Waals surface area (Å²) in [5.74, 6) is 0. The molecule has 0 fully saturated rings. The van der Waals surface area contributed by atoms with Gasteiger partial charge in [0.1, 0.15) is 0 Å². The lowest BCUT2D eigenvalue weighted by Crippen LogP contribution is -1.86. The average molecular weight is 232 g/mol. The Labute approximate surface area is 95.4 Å². The first kappa shape index (κ1) is 11.1. The molecule has 0 saturated carbocycles. The Kier molecular flexibility index (Phi) is 3.55. The summed E-state index contributed by atoms with van der Waals surface area (Å²) in [5, 5.41) is 0. The largest absolute Gasteiger partial charge is 0.346 e. The molecular formula is C13H13O2P. The predicted molar refractivity (Wildman–Crippen MR) is 66.8 cm³/mol. The molecule has 2 rings (SSSR count). The molecule has 3 heteroatoms. The van der Waals surface area contributed by atoms with E-state index in [9.17, 15) is 4.57 Å². The third kappa shape index (κ3) is 2.60. The van der Waals surface area contributed by atoms with Crippen LogP contribution in [-0.2, 0) is 10.7 Å². The van der Waals surface area contributed by atoms with E-state index < -0.39 is 8.03 Å². The van der Waals surface area contributed by atoms with Gasteiger partial charge in [-0.3, -0.25) is 4.57 Å². The zero-order valence-electron chi connectivity index (χ0n) is 8.76. The Morgan fingerprint density at radius 3 is 2.25 bits per heavy atom. The molecule has 0 amide bonds. The molecule has 0 aliphatic rings. The van der Waals surface area contributed by atoms with E-state index >= 15 is 0 Å². The second-order valence-electron chi connectivity index (χ2n) is 3.59. The van der Waals surface area contributed by atoms with E-state index in [1.165, 1.54) is 0 Å². The van der Waals surface area contributed by atoms with Crippen molar-refractivity contribution >= 4 is 8.03 Å². The van der Waals surface area contributed by atoms with Crippen molar-refractivity contribution in [2.75, 3.05) is 0 Å². The maximum absolute atomic E-state index is 10.9. The first-order valence-electron chi connectivity index (χ1n) is 5.12. The molecule has 2 aromatic carbocycles. The van der Waals surface area contributed by atoms with Crippen LogP contribution in [0, 0.1) is 0 Å². The van der Waals surface area contributed by atoms with Gasteiger partial charge in [-0.1, -0.05) is 54.6 Å². The van der Waals surface area contributed by atoms with Crippen LogP contribution in [0.5, 0.6) is 0 Å². The molecular weight excluding hydrogens is 219 g/mol. The lowest BCUT2D eigenvalue weighted by molar-refractivity contribution is 0.502. The van der Waals surface area contributed by atoms with Gasteiger partial charge in [-0.15, -0.1) is 0 Å². The molecule has 1 unspecified atom stereocenters. The maximum Gasteiger partial charge on any atom is 0.193 e. The van der Waals surface area contributed by atoms with Gasteiger partial charge in [-0.2, -0.15) is 0 Å². The topological polar surface area (TPSA) is 37.3 Å². The molecule has 1 atom stereocenters. The minimum Gasteiger partial charge on any atom is -0.346 e. The van der Waals surface area contributed by atoms with Crippen LogP contribution < -0.4 is 0 Å². The summed E-state index contributed by atoms with van der Waals surface area (Å²) in [6, 6.07) is 17.6. The van der Waals surface area contributed by atoms with Crippen LogP contribution in [0.3, 0.4) is 0 Å². The summed E-state index contributed by atoms with van der Waals surface area (Å²) in [7, 11) is -2.47. The fraction of sp³-hybridized carbons (Fsp3) is 0.0769. The Bertz CT molecular complexity index is 494. The van der Waals surface area contributed by atoms with Crippen LogP contribution in [-0.4, -0.2) is 4.89 Å². The van der Waals surface area contributed by atoms with E-state index in [0.717, 1.165) is 16.7 Å². The molecule has 0 saturated heterocycles. The van der Waals surface area contributed by atoms with Gasteiger partial charge < -0.3 is 4.89 Å². The SMILES string of the molecule is O=[PH](O)Cc1ccccc1-c1ccccc1. The van der Waals surface area contributed by atoms with E-state index in [0.29, 0.717) is 0 Å². The van der Waals surface area contributed by atoms with Crippen molar-refractivity contribution < 1.29 is 9.46 Å². The second kappa shape index (κ2) is 5.11. The molecule has 82 valence electrons. The van der Waals surface area contributed by atoms with Crippen molar-refractivity contribution in [1.29, 1.82) is 0 Å². The molecule has 1 N–H and O–H groups in total. The number of hydrogen-bond donors (Lipinski definition) is 1. The number of benzene rings is 2. The van der Waals surface area contributed by atoms with E-state index in [1.807, 2.05) is 54.6 Å². The van der Waals surface area contributed by atoms with Crippen LogP contribution >= 0.6 is 8.03 Å². The molecule has 0 bridgehead atoms. The highest BCUT2D eigenvalue weighted by molar-refractivity contribution is 7.37. The Morgan fingerprint density at radius 1 is 0.938 bits per heavy atom. The van der Waals surface area contributed by atoms with Crippen LogP contribution in [0.25, 0.3) is 11.1 Å². The van der Waals surface area contributed by atoms with Crippen molar-refractivity contribution in [3.05, 3.63) is 60.2 Å². The minimum absolute atomic E-state index is 0.246. The summed E-state index contributed by atoms with van der Waals surface area (Å²) in [6.45, 7) is 0. The van der Waals surface area contributed by atoms with Gasteiger partial charge in [0.25, 0.3) is 0 Å². The Morgan fingerprint density at radius 2 is 1.56 bits per heavy atom. The van der Waals surface area contributed by atoms with Gasteiger partial charge in [0.2, 0.25) is 0 Å². The van der Waals surface area contributed by atoms with Gasteiger partial charge >= 0.3 is 0 Å². The van der Waals surface area contributed by atoms with Crippen molar-refractivity contribution in [3.8, 4) is 11.1 Å². The molecule has 0 aromatic heterocycles. The quantitative estimate of drug-likeness (QED) is 0.824. The minimum atomic E-state index is -2.47. The maximum atomic E-state index is 10.9. The molecule has 0 heterocycles. The van der Waals surface area contributed by atoms with Crippen LogP contribution in [0.15, 0.2) is 54.6 Å². The van der Waals surface area contributed by atoms with E-state index in [2.05, 4.69) is 0 Å². The Hall–Kier alpha value is -1.37. The fourth-order valence-corrected chi connectivity index (χ4v) is 2.37. The van der Waals surface area contributed by atoms with E-state index in [4.69, 9.17) is 4.89 Å². The monoisotopic (exact) mass is 232 g/mol. The third-order valence-corrected chi connectivity index (χ3v) is 3.13. The lowest BCUT2D eigenvalue weighted by Gasteiger charge is -2.07. The summed E-state index contributed by atoms with van der Waals surface area (Å²) in [5.41, 5.74) is 3.05. The summed E-state index contributed by atoms with van der Waals surface area (Å²) < 4.78 is 10.9. The number of hydrogen-bond acceptors (Lipinski definition) is 1. The molecule has 0 radical (unpaired) electrons. The molecule has 0 aliphatic heterocycles. The van der Waals surface area contributed by atoms with Gasteiger partial charge in [0.05, 0.1) is 0 Å². The summed E-state index contributed by atoms with van der Waals surface area (Å²) in [6.07, 6.45) is 0.246.